The first-order chi connectivity index (χ1) is 8.80. The summed E-state index contributed by atoms with van der Waals surface area (Å²) >= 11 is 0. The van der Waals surface area contributed by atoms with E-state index in [-0.39, 0.29) is 17.1 Å². The first kappa shape index (κ1) is 21.2. The Labute approximate surface area is 128 Å². The molecule has 0 atom stereocenters. The monoisotopic (exact) mass is 328 g/mol. The SMILES string of the molecule is CC(C)c1ccccc1.F[B-](F)(F)F.[Fe+2].c1cc[cH-]c1. The molecule has 0 aliphatic rings. The van der Waals surface area contributed by atoms with Gasteiger partial charge in [0, 0.05) is 0 Å². The van der Waals surface area contributed by atoms with Gasteiger partial charge >= 0.3 is 24.3 Å². The van der Waals surface area contributed by atoms with E-state index in [1.165, 1.54) is 5.56 Å². The minimum Gasteiger partial charge on any atom is -0.418 e. The van der Waals surface area contributed by atoms with Gasteiger partial charge in [0.05, 0.1) is 0 Å². The van der Waals surface area contributed by atoms with E-state index in [0.29, 0.717) is 5.92 Å². The molecule has 0 aliphatic carbocycles. The Morgan fingerprint density at radius 2 is 1.25 bits per heavy atom. The summed E-state index contributed by atoms with van der Waals surface area (Å²) in [7, 11) is -6.00. The molecule has 112 valence electrons. The molecule has 0 bridgehead atoms. The molecule has 0 spiro atoms. The maximum atomic E-state index is 9.75. The van der Waals surface area contributed by atoms with Crippen molar-refractivity contribution in [3.05, 3.63) is 66.2 Å². The van der Waals surface area contributed by atoms with E-state index in [2.05, 4.69) is 38.1 Å². The van der Waals surface area contributed by atoms with E-state index in [1.54, 1.807) is 0 Å². The quantitative estimate of drug-likeness (QED) is 0.368. The summed E-state index contributed by atoms with van der Waals surface area (Å²) in [6.07, 6.45) is 0. The topological polar surface area (TPSA) is 0 Å². The van der Waals surface area contributed by atoms with E-state index in [9.17, 15) is 17.3 Å². The first-order valence-electron chi connectivity index (χ1n) is 5.89. The molecule has 0 N–H and O–H groups in total. The standard InChI is InChI=1S/C9H12.C5H5.BF4.Fe/c1-8(2)9-6-4-3-5-7-9;1-2-4-5-3-1;2-1(3,4)5;/h3-8H,1-2H3;1-5H;;/q;2*-1;+2. The second-order valence-electron chi connectivity index (χ2n) is 4.02. The van der Waals surface area contributed by atoms with Gasteiger partial charge in [-0.1, -0.05) is 44.2 Å². The molecule has 0 nitrogen and oxygen atoms in total. The van der Waals surface area contributed by atoms with Crippen LogP contribution in [0.2, 0.25) is 0 Å². The van der Waals surface area contributed by atoms with Crippen LogP contribution in [0.3, 0.4) is 0 Å². The van der Waals surface area contributed by atoms with Crippen LogP contribution >= 0.6 is 0 Å². The van der Waals surface area contributed by atoms with Gasteiger partial charge in [-0.2, -0.15) is 18.2 Å². The Balaban J connectivity index is 0. The normalized spacial score (nSPS) is 9.55. The van der Waals surface area contributed by atoms with Gasteiger partial charge in [-0.25, -0.2) is 12.1 Å². The molecule has 0 radical (unpaired) electrons. The Bertz CT molecular complexity index is 376. The minimum atomic E-state index is -6.00. The fraction of sp³-hybridized carbons (Fsp3) is 0.214. The number of rotatable bonds is 1. The summed E-state index contributed by atoms with van der Waals surface area (Å²) in [5.41, 5.74) is 1.41. The molecule has 2 rings (SSSR count). The largest absolute Gasteiger partial charge is 2.00 e. The molecule has 0 amide bonds. The molecule has 2 aromatic rings. The first-order valence-corrected chi connectivity index (χ1v) is 5.89. The predicted octanol–water partition coefficient (Wildman–Crippen LogP) is 5.51. The summed E-state index contributed by atoms with van der Waals surface area (Å²) in [6, 6.07) is 20.5. The molecular formula is C14H17BF4Fe. The van der Waals surface area contributed by atoms with Crippen LogP contribution in [0, 0.1) is 0 Å². The smallest absolute Gasteiger partial charge is 0.418 e. The van der Waals surface area contributed by atoms with Gasteiger partial charge in [0.1, 0.15) is 0 Å². The minimum absolute atomic E-state index is 0. The molecule has 0 aromatic heterocycles. The number of benzene rings is 1. The van der Waals surface area contributed by atoms with Crippen molar-refractivity contribution in [1.29, 1.82) is 0 Å². The summed E-state index contributed by atoms with van der Waals surface area (Å²) in [5, 5.41) is 0. The van der Waals surface area contributed by atoms with Gasteiger partial charge in [-0.05, 0) is 11.5 Å². The van der Waals surface area contributed by atoms with Crippen molar-refractivity contribution in [2.24, 2.45) is 0 Å². The van der Waals surface area contributed by atoms with E-state index in [4.69, 9.17) is 0 Å². The van der Waals surface area contributed by atoms with Gasteiger partial charge in [-0.15, -0.1) is 0 Å². The molecule has 0 heterocycles. The summed E-state index contributed by atoms with van der Waals surface area (Å²) in [4.78, 5) is 0. The zero-order chi connectivity index (χ0) is 14.7. The maximum Gasteiger partial charge on any atom is 2.00 e. The van der Waals surface area contributed by atoms with E-state index < -0.39 is 7.25 Å². The van der Waals surface area contributed by atoms with Crippen molar-refractivity contribution in [2.75, 3.05) is 0 Å². The van der Waals surface area contributed by atoms with Crippen LogP contribution in [0.15, 0.2) is 60.7 Å². The van der Waals surface area contributed by atoms with E-state index in [0.717, 1.165) is 0 Å². The van der Waals surface area contributed by atoms with Crippen LogP contribution in [0.1, 0.15) is 25.3 Å². The third kappa shape index (κ3) is 16.9. The molecule has 6 heteroatoms. The summed E-state index contributed by atoms with van der Waals surface area (Å²) < 4.78 is 39.0. The van der Waals surface area contributed by atoms with Crippen LogP contribution < -0.4 is 0 Å². The molecule has 0 saturated heterocycles. The molecular weight excluding hydrogens is 311 g/mol. The zero-order valence-corrected chi connectivity index (χ0v) is 12.4. The number of hydrogen-bond acceptors (Lipinski definition) is 0. The summed E-state index contributed by atoms with van der Waals surface area (Å²) in [6.45, 7) is 4.41. The van der Waals surface area contributed by atoms with Crippen molar-refractivity contribution in [2.45, 2.75) is 19.8 Å². The van der Waals surface area contributed by atoms with E-state index in [1.807, 2.05) is 36.4 Å². The average molecular weight is 328 g/mol. The fourth-order valence-corrected chi connectivity index (χ4v) is 1.16. The van der Waals surface area contributed by atoms with Gasteiger partial charge in [0.2, 0.25) is 0 Å². The molecule has 2 aromatic carbocycles. The molecule has 0 fully saturated rings. The Hall–Kier alpha value is -1.13. The molecule has 0 saturated carbocycles. The molecule has 0 unspecified atom stereocenters. The molecule has 20 heavy (non-hydrogen) atoms. The van der Waals surface area contributed by atoms with E-state index >= 15 is 0 Å². The second kappa shape index (κ2) is 11.7. The van der Waals surface area contributed by atoms with Gasteiger partial charge < -0.3 is 17.3 Å². The van der Waals surface area contributed by atoms with Gasteiger partial charge in [-0.3, -0.25) is 0 Å². The Morgan fingerprint density at radius 3 is 1.45 bits per heavy atom. The summed E-state index contributed by atoms with van der Waals surface area (Å²) in [5.74, 6) is 0.659. The number of halogens is 4. The third-order valence-electron chi connectivity index (χ3n) is 2.02. The second-order valence-corrected chi connectivity index (χ2v) is 4.02. The van der Waals surface area contributed by atoms with Crippen LogP contribution in [0.5, 0.6) is 0 Å². The van der Waals surface area contributed by atoms with Crippen LogP contribution in [0.25, 0.3) is 0 Å². The van der Waals surface area contributed by atoms with Crippen LogP contribution in [-0.2, 0) is 17.1 Å². The van der Waals surface area contributed by atoms with Crippen molar-refractivity contribution < 1.29 is 34.3 Å². The molecule has 0 aliphatic heterocycles. The van der Waals surface area contributed by atoms with Crippen molar-refractivity contribution in [1.82, 2.24) is 0 Å². The van der Waals surface area contributed by atoms with Gasteiger partial charge in [0.25, 0.3) is 0 Å². The third-order valence-corrected chi connectivity index (χ3v) is 2.02. The zero-order valence-electron chi connectivity index (χ0n) is 11.3. The fourth-order valence-electron chi connectivity index (χ4n) is 1.16. The van der Waals surface area contributed by atoms with Crippen LogP contribution in [0.4, 0.5) is 17.3 Å². The Kier molecular flexibility index (Phi) is 12.4. The average Bonchev–Trinajstić information content (AvgIpc) is 2.86. The maximum absolute atomic E-state index is 9.75. The predicted molar refractivity (Wildman–Crippen MR) is 72.8 cm³/mol. The van der Waals surface area contributed by atoms with Gasteiger partial charge in [0.15, 0.2) is 0 Å². The van der Waals surface area contributed by atoms with Crippen molar-refractivity contribution in [3.8, 4) is 0 Å². The Morgan fingerprint density at radius 1 is 0.850 bits per heavy atom. The van der Waals surface area contributed by atoms with Crippen molar-refractivity contribution in [3.63, 3.8) is 0 Å². The van der Waals surface area contributed by atoms with Crippen LogP contribution in [-0.4, -0.2) is 7.25 Å². The van der Waals surface area contributed by atoms with Crippen molar-refractivity contribution >= 4 is 7.25 Å². The number of hydrogen-bond donors (Lipinski definition) is 0.